The Hall–Kier alpha value is -4.53. The van der Waals surface area contributed by atoms with Crippen LogP contribution < -0.4 is 11.2 Å². The van der Waals surface area contributed by atoms with Crippen LogP contribution in [-0.4, -0.2) is 20.5 Å². The Balaban J connectivity index is 1.87. The number of aromatic amines is 1. The van der Waals surface area contributed by atoms with Crippen molar-refractivity contribution in [2.24, 2.45) is 0 Å². The highest BCUT2D eigenvalue weighted by molar-refractivity contribution is 6.02. The maximum Gasteiger partial charge on any atom is 0.341 e. The molecule has 0 radical (unpaired) electrons. The second kappa shape index (κ2) is 6.01. The Kier molecular flexibility index (Phi) is 3.43. The molecule has 0 bridgehead atoms. The summed E-state index contributed by atoms with van der Waals surface area (Å²) in [6.45, 7) is 1.49. The van der Waals surface area contributed by atoms with Crippen molar-refractivity contribution < 1.29 is 23.1 Å². The highest BCUT2D eigenvalue weighted by atomic mass is 19.1. The van der Waals surface area contributed by atoms with Gasteiger partial charge in [-0.15, -0.1) is 0 Å². The molecule has 0 aliphatic carbocycles. The van der Waals surface area contributed by atoms with Crippen LogP contribution in [0.4, 0.5) is 10.1 Å². The van der Waals surface area contributed by atoms with Gasteiger partial charge in [0.15, 0.2) is 28.1 Å². The van der Waals surface area contributed by atoms with Crippen molar-refractivity contribution in [3.63, 3.8) is 0 Å². The number of nitrogens with two attached hydrogens (primary N) is 1. The number of hydrogen-bond acceptors (Lipinski definition) is 5. The van der Waals surface area contributed by atoms with Gasteiger partial charge in [0.05, 0.1) is 21.9 Å². The number of H-pyrrole nitrogens is 1. The van der Waals surface area contributed by atoms with Crippen LogP contribution in [0.2, 0.25) is 0 Å². The van der Waals surface area contributed by atoms with Gasteiger partial charge in [0.25, 0.3) is 0 Å². The maximum absolute atomic E-state index is 15.0. The molecule has 3 aromatic carbocycles. The molecule has 0 atom stereocenters. The van der Waals surface area contributed by atoms with Gasteiger partial charge < -0.3 is 29.1 Å². The van der Waals surface area contributed by atoms with Crippen LogP contribution in [0.3, 0.4) is 0 Å². The number of carboxylic acid groups (broad SMARTS) is 1. The van der Waals surface area contributed by atoms with Gasteiger partial charge in [-0.05, 0) is 30.7 Å². The standard InChI is InChI=1S/C23H14FN3O5/c1-9-4-11-20-22(19(9)24)32-18-6-14-17(31-16-5-10(25)2-3-13(16)26-14)7-15(18)27(20)8-12(21(11)28)23(29)30/h2-8,26H,25H2,1H3,(H,29,30). The predicted octanol–water partition coefficient (Wildman–Crippen LogP) is 4.72. The van der Waals surface area contributed by atoms with Gasteiger partial charge >= 0.3 is 5.97 Å². The Morgan fingerprint density at radius 3 is 2.66 bits per heavy atom. The van der Waals surface area contributed by atoms with Crippen molar-refractivity contribution in [1.29, 1.82) is 0 Å². The third-order valence-corrected chi connectivity index (χ3v) is 5.62. The van der Waals surface area contributed by atoms with E-state index in [1.54, 1.807) is 30.3 Å². The first-order valence-corrected chi connectivity index (χ1v) is 9.64. The summed E-state index contributed by atoms with van der Waals surface area (Å²) in [6, 6.07) is 9.79. The van der Waals surface area contributed by atoms with Crippen LogP contribution in [-0.2, 0) is 0 Å². The Bertz CT molecular complexity index is 1870. The SMILES string of the molecule is Cc1cc2c(=O)c(C(=O)O)cn3c4cc5oc6cc(N)ccc6[nH]c5cc4oc(c1F)c23. The quantitative estimate of drug-likeness (QED) is 0.196. The largest absolute Gasteiger partial charge is 0.477 e. The molecule has 0 aliphatic heterocycles. The fourth-order valence-electron chi connectivity index (χ4n) is 4.10. The van der Waals surface area contributed by atoms with Gasteiger partial charge in [-0.3, -0.25) is 4.79 Å². The van der Waals surface area contributed by atoms with E-state index >= 15 is 0 Å². The van der Waals surface area contributed by atoms with Gasteiger partial charge in [0.1, 0.15) is 11.1 Å². The molecule has 0 unspecified atom stereocenters. The van der Waals surface area contributed by atoms with Crippen LogP contribution in [0.5, 0.6) is 0 Å². The number of fused-ring (bicyclic) bond motifs is 4. The van der Waals surface area contributed by atoms with Gasteiger partial charge in [0, 0.05) is 30.1 Å². The Labute approximate surface area is 176 Å². The lowest BCUT2D eigenvalue weighted by atomic mass is 10.1. The van der Waals surface area contributed by atoms with E-state index < -0.39 is 22.8 Å². The molecule has 0 spiro atoms. The Morgan fingerprint density at radius 1 is 1.09 bits per heavy atom. The number of aryl methyl sites for hydroxylation is 1. The second-order valence-electron chi connectivity index (χ2n) is 7.68. The molecule has 0 saturated heterocycles. The van der Waals surface area contributed by atoms with E-state index in [9.17, 15) is 19.1 Å². The number of benzene rings is 3. The minimum atomic E-state index is -1.38. The zero-order chi connectivity index (χ0) is 22.3. The number of aromatic carboxylic acids is 1. The normalized spacial score (nSPS) is 11.9. The zero-order valence-corrected chi connectivity index (χ0v) is 16.5. The van der Waals surface area contributed by atoms with Crippen LogP contribution in [0.1, 0.15) is 15.9 Å². The van der Waals surface area contributed by atoms with E-state index in [1.807, 2.05) is 0 Å². The summed E-state index contributed by atoms with van der Waals surface area (Å²) < 4.78 is 28.3. The summed E-state index contributed by atoms with van der Waals surface area (Å²) in [5.74, 6) is -2.00. The first-order chi connectivity index (χ1) is 15.3. The van der Waals surface area contributed by atoms with E-state index in [2.05, 4.69) is 4.98 Å². The number of rotatable bonds is 1. The third-order valence-electron chi connectivity index (χ3n) is 5.62. The van der Waals surface area contributed by atoms with E-state index in [0.29, 0.717) is 33.4 Å². The van der Waals surface area contributed by atoms with Crippen molar-refractivity contribution in [2.45, 2.75) is 6.92 Å². The van der Waals surface area contributed by atoms with E-state index in [-0.39, 0.29) is 27.6 Å². The lowest BCUT2D eigenvalue weighted by molar-refractivity contribution is 0.0695. The number of nitrogen functional groups attached to an aromatic ring is 1. The predicted molar refractivity (Wildman–Crippen MR) is 117 cm³/mol. The summed E-state index contributed by atoms with van der Waals surface area (Å²) in [7, 11) is 0. The molecule has 32 heavy (non-hydrogen) atoms. The summed E-state index contributed by atoms with van der Waals surface area (Å²) in [5, 5.41) is 9.62. The molecular weight excluding hydrogens is 417 g/mol. The van der Waals surface area contributed by atoms with Crippen LogP contribution in [0, 0.1) is 12.7 Å². The molecule has 0 saturated carbocycles. The zero-order valence-electron chi connectivity index (χ0n) is 16.5. The summed E-state index contributed by atoms with van der Waals surface area (Å²) >= 11 is 0. The first-order valence-electron chi connectivity index (χ1n) is 9.64. The van der Waals surface area contributed by atoms with Crippen molar-refractivity contribution in [3.8, 4) is 0 Å². The van der Waals surface area contributed by atoms with E-state index in [0.717, 1.165) is 0 Å². The molecule has 4 N–H and O–H groups in total. The smallest absolute Gasteiger partial charge is 0.341 e. The first kappa shape index (κ1) is 18.3. The number of nitrogens with one attached hydrogen (secondary N) is 1. The minimum absolute atomic E-state index is 0.0549. The molecule has 3 aromatic heterocycles. The highest BCUT2D eigenvalue weighted by Crippen LogP contribution is 2.32. The van der Waals surface area contributed by atoms with Gasteiger partial charge in [-0.2, -0.15) is 0 Å². The molecule has 0 amide bonds. The number of pyridine rings is 1. The molecule has 0 fully saturated rings. The van der Waals surface area contributed by atoms with Crippen molar-refractivity contribution in [1.82, 2.24) is 9.38 Å². The molecule has 6 aromatic rings. The number of aromatic nitrogens is 2. The second-order valence-corrected chi connectivity index (χ2v) is 7.68. The molecule has 158 valence electrons. The fourth-order valence-corrected chi connectivity index (χ4v) is 4.10. The van der Waals surface area contributed by atoms with Crippen LogP contribution in [0.15, 0.2) is 56.2 Å². The molecule has 8 nitrogen and oxygen atoms in total. The molecule has 3 heterocycles. The number of halogens is 1. The molecular formula is C23H14FN3O5. The highest BCUT2D eigenvalue weighted by Gasteiger charge is 2.22. The minimum Gasteiger partial charge on any atom is -0.477 e. The third kappa shape index (κ3) is 2.36. The van der Waals surface area contributed by atoms with Gasteiger partial charge in [0.2, 0.25) is 5.43 Å². The average Bonchev–Trinajstić information content (AvgIpc) is 2.75. The average molecular weight is 431 g/mol. The van der Waals surface area contributed by atoms with Crippen molar-refractivity contribution in [2.75, 3.05) is 5.73 Å². The number of carboxylic acids is 1. The van der Waals surface area contributed by atoms with Gasteiger partial charge in [-0.1, -0.05) is 0 Å². The van der Waals surface area contributed by atoms with Crippen molar-refractivity contribution >= 4 is 61.4 Å². The van der Waals surface area contributed by atoms with Crippen LogP contribution >= 0.6 is 0 Å². The summed E-state index contributed by atoms with van der Waals surface area (Å²) in [4.78, 5) is 27.7. The lowest BCUT2D eigenvalue weighted by Crippen LogP contribution is -2.18. The van der Waals surface area contributed by atoms with E-state index in [1.165, 1.54) is 23.6 Å². The fraction of sp³-hybridized carbons (Fsp3) is 0.0435. The molecule has 6 rings (SSSR count). The maximum atomic E-state index is 15.0. The number of hydrogen-bond donors (Lipinski definition) is 3. The number of nitrogens with zero attached hydrogens (tertiary/aromatic N) is 1. The summed E-state index contributed by atoms with van der Waals surface area (Å²) in [6.07, 6.45) is 1.18. The monoisotopic (exact) mass is 431 g/mol. The topological polar surface area (TPSA) is 127 Å². The van der Waals surface area contributed by atoms with Crippen LogP contribution in [0.25, 0.3) is 49.8 Å². The van der Waals surface area contributed by atoms with E-state index in [4.69, 9.17) is 14.6 Å². The van der Waals surface area contributed by atoms with Crippen molar-refractivity contribution in [3.05, 3.63) is 69.8 Å². The van der Waals surface area contributed by atoms with Gasteiger partial charge in [-0.25, -0.2) is 9.18 Å². The number of anilines is 1. The molecule has 0 aliphatic rings. The lowest BCUT2D eigenvalue weighted by Gasteiger charge is -2.14. The Morgan fingerprint density at radius 2 is 1.88 bits per heavy atom. The number of carbonyl (C=O) groups is 1. The summed E-state index contributed by atoms with van der Waals surface area (Å²) in [5.41, 5.74) is 8.35. The molecule has 9 heteroatoms.